The molecule has 1 heterocycles. The molecule has 9 nitrogen and oxygen atoms in total. The van der Waals surface area contributed by atoms with Crippen molar-refractivity contribution in [1.29, 1.82) is 5.26 Å². The summed E-state index contributed by atoms with van der Waals surface area (Å²) in [5, 5.41) is 16.1. The van der Waals surface area contributed by atoms with Gasteiger partial charge in [0, 0.05) is 38.8 Å². The first kappa shape index (κ1) is 21.2. The lowest BCUT2D eigenvalue weighted by molar-refractivity contribution is -0.118. The van der Waals surface area contributed by atoms with E-state index in [0.717, 1.165) is 19.3 Å². The van der Waals surface area contributed by atoms with Crippen LogP contribution in [0.4, 0.5) is 10.6 Å². The number of unbranched alkanes of at least 4 members (excludes halogenated alkanes) is 2. The molecular formula is C17H27N7O2. The second-order valence-electron chi connectivity index (χ2n) is 6.27. The third-order valence-electron chi connectivity index (χ3n) is 3.31. The molecule has 0 aliphatic rings. The van der Waals surface area contributed by atoms with Gasteiger partial charge in [-0.25, -0.2) is 15.2 Å². The summed E-state index contributed by atoms with van der Waals surface area (Å²) in [4.78, 5) is 30.8. The van der Waals surface area contributed by atoms with Crippen molar-refractivity contribution >= 4 is 17.8 Å². The van der Waals surface area contributed by atoms with Gasteiger partial charge in [0.05, 0.1) is 0 Å². The first-order valence-corrected chi connectivity index (χ1v) is 8.72. The van der Waals surface area contributed by atoms with E-state index in [9.17, 15) is 9.59 Å². The van der Waals surface area contributed by atoms with Gasteiger partial charge in [0.25, 0.3) is 0 Å². The zero-order valence-electron chi connectivity index (χ0n) is 15.6. The van der Waals surface area contributed by atoms with Gasteiger partial charge in [0.2, 0.25) is 11.7 Å². The number of aromatic nitrogens is 2. The smallest absolute Gasteiger partial charge is 0.333 e. The van der Waals surface area contributed by atoms with Gasteiger partial charge in [-0.05, 0) is 25.2 Å². The topological polar surface area (TPSA) is 123 Å². The molecule has 3 N–H and O–H groups in total. The molecule has 0 aliphatic heterocycles. The van der Waals surface area contributed by atoms with Crippen molar-refractivity contribution in [3.63, 3.8) is 0 Å². The molecule has 1 rings (SSSR count). The van der Waals surface area contributed by atoms with E-state index in [0.29, 0.717) is 25.5 Å². The van der Waals surface area contributed by atoms with Crippen LogP contribution in [0.1, 0.15) is 45.9 Å². The van der Waals surface area contributed by atoms with Gasteiger partial charge in [-0.3, -0.25) is 9.80 Å². The fourth-order valence-electron chi connectivity index (χ4n) is 2.17. The van der Waals surface area contributed by atoms with E-state index in [1.54, 1.807) is 11.1 Å². The van der Waals surface area contributed by atoms with Crippen molar-refractivity contribution in [3.8, 4) is 6.07 Å². The minimum Gasteiger partial charge on any atom is -0.356 e. The molecule has 0 bridgehead atoms. The lowest BCUT2D eigenvalue weighted by atomic mass is 10.2. The predicted octanol–water partition coefficient (Wildman–Crippen LogP) is 1.33. The van der Waals surface area contributed by atoms with E-state index in [4.69, 9.17) is 5.26 Å². The number of hydrogen-bond donors (Lipinski definition) is 3. The molecule has 1 aromatic heterocycles. The maximum atomic E-state index is 12.1. The van der Waals surface area contributed by atoms with Crippen LogP contribution >= 0.6 is 0 Å². The third kappa shape index (κ3) is 8.82. The van der Waals surface area contributed by atoms with Gasteiger partial charge < -0.3 is 10.6 Å². The first-order chi connectivity index (χ1) is 12.4. The summed E-state index contributed by atoms with van der Waals surface area (Å²) in [7, 11) is 0. The summed E-state index contributed by atoms with van der Waals surface area (Å²) in [6.45, 7) is 7.27. The van der Waals surface area contributed by atoms with Gasteiger partial charge in [-0.2, -0.15) is 10.2 Å². The number of hydrazine groups is 1. The maximum absolute atomic E-state index is 12.1. The standard InChI is InChI=1S/C17H27N7O2/c1-13(2)12-24(16-7-10-20-15(11-18)22-16)23-17(26)21-9-6-4-5-8-19-14(3)25/h7,10,13H,4-6,8-9,12H2,1-3H3,(H,19,25)(H2,21,23,26). The second kappa shape index (κ2) is 11.6. The van der Waals surface area contributed by atoms with E-state index in [1.165, 1.54) is 13.1 Å². The van der Waals surface area contributed by atoms with Gasteiger partial charge >= 0.3 is 6.03 Å². The van der Waals surface area contributed by atoms with E-state index in [-0.39, 0.29) is 23.7 Å². The molecule has 0 radical (unpaired) electrons. The minimum absolute atomic E-state index is 0.0305. The van der Waals surface area contributed by atoms with E-state index >= 15 is 0 Å². The molecule has 0 saturated carbocycles. The third-order valence-corrected chi connectivity index (χ3v) is 3.31. The fraction of sp³-hybridized carbons (Fsp3) is 0.588. The average Bonchev–Trinajstić information content (AvgIpc) is 2.59. The van der Waals surface area contributed by atoms with Crippen molar-refractivity contribution in [2.24, 2.45) is 5.92 Å². The van der Waals surface area contributed by atoms with Gasteiger partial charge in [0.1, 0.15) is 6.07 Å². The van der Waals surface area contributed by atoms with Gasteiger partial charge in [-0.15, -0.1) is 0 Å². The van der Waals surface area contributed by atoms with Crippen LogP contribution in [0, 0.1) is 17.2 Å². The largest absolute Gasteiger partial charge is 0.356 e. The highest BCUT2D eigenvalue weighted by Crippen LogP contribution is 2.10. The molecule has 0 saturated heterocycles. The lowest BCUT2D eigenvalue weighted by Gasteiger charge is -2.26. The number of carbonyl (C=O) groups excluding carboxylic acids is 2. The van der Waals surface area contributed by atoms with Crippen LogP contribution in [0.25, 0.3) is 0 Å². The summed E-state index contributed by atoms with van der Waals surface area (Å²) in [5.74, 6) is 0.773. The molecular weight excluding hydrogens is 334 g/mol. The molecule has 0 aromatic carbocycles. The predicted molar refractivity (Wildman–Crippen MR) is 98.0 cm³/mol. The maximum Gasteiger partial charge on any atom is 0.333 e. The van der Waals surface area contributed by atoms with Crippen LogP contribution in [-0.4, -0.2) is 41.5 Å². The molecule has 0 aliphatic carbocycles. The molecule has 142 valence electrons. The van der Waals surface area contributed by atoms with Crippen LogP contribution in [-0.2, 0) is 4.79 Å². The number of urea groups is 1. The second-order valence-corrected chi connectivity index (χ2v) is 6.27. The Morgan fingerprint density at radius 3 is 2.54 bits per heavy atom. The summed E-state index contributed by atoms with van der Waals surface area (Å²) in [5.41, 5.74) is 2.76. The molecule has 0 spiro atoms. The first-order valence-electron chi connectivity index (χ1n) is 8.72. The molecule has 26 heavy (non-hydrogen) atoms. The van der Waals surface area contributed by atoms with Crippen molar-refractivity contribution in [1.82, 2.24) is 26.0 Å². The van der Waals surface area contributed by atoms with Crippen molar-refractivity contribution < 1.29 is 9.59 Å². The highest BCUT2D eigenvalue weighted by atomic mass is 16.2. The summed E-state index contributed by atoms with van der Waals surface area (Å²) in [6.07, 6.45) is 4.10. The van der Waals surface area contributed by atoms with Crippen molar-refractivity contribution in [3.05, 3.63) is 18.1 Å². The Bertz CT molecular complexity index is 628. The normalized spacial score (nSPS) is 10.1. The Balaban J connectivity index is 2.43. The Morgan fingerprint density at radius 1 is 1.23 bits per heavy atom. The summed E-state index contributed by atoms with van der Waals surface area (Å²) >= 11 is 0. The quantitative estimate of drug-likeness (QED) is 0.427. The monoisotopic (exact) mass is 361 g/mol. The van der Waals surface area contributed by atoms with Crippen molar-refractivity contribution in [2.75, 3.05) is 24.6 Å². The molecule has 0 atom stereocenters. The minimum atomic E-state index is -0.329. The van der Waals surface area contributed by atoms with Crippen LogP contribution in [0.2, 0.25) is 0 Å². The molecule has 0 unspecified atom stereocenters. The van der Waals surface area contributed by atoms with E-state index in [1.807, 2.05) is 19.9 Å². The number of anilines is 1. The highest BCUT2D eigenvalue weighted by molar-refractivity contribution is 5.75. The van der Waals surface area contributed by atoms with E-state index in [2.05, 4.69) is 26.0 Å². The Morgan fingerprint density at radius 2 is 1.92 bits per heavy atom. The lowest BCUT2D eigenvalue weighted by Crippen LogP contribution is -2.49. The van der Waals surface area contributed by atoms with Crippen LogP contribution in [0.5, 0.6) is 0 Å². The SMILES string of the molecule is CC(=O)NCCCCCNC(=O)NN(CC(C)C)c1ccnc(C#N)n1. The highest BCUT2D eigenvalue weighted by Gasteiger charge is 2.14. The number of nitriles is 1. The molecule has 0 fully saturated rings. The number of carbonyl (C=O) groups is 2. The zero-order valence-corrected chi connectivity index (χ0v) is 15.6. The number of amides is 3. The fourth-order valence-corrected chi connectivity index (χ4v) is 2.17. The Kier molecular flexibility index (Phi) is 9.46. The molecule has 1 aromatic rings. The Hall–Kier alpha value is -2.89. The average molecular weight is 361 g/mol. The van der Waals surface area contributed by atoms with Crippen molar-refractivity contribution in [2.45, 2.75) is 40.0 Å². The van der Waals surface area contributed by atoms with Gasteiger partial charge in [-0.1, -0.05) is 13.8 Å². The number of rotatable bonds is 10. The summed E-state index contributed by atoms with van der Waals surface area (Å²) in [6, 6.07) is 3.21. The van der Waals surface area contributed by atoms with Crippen LogP contribution < -0.4 is 21.1 Å². The number of nitrogens with zero attached hydrogens (tertiary/aromatic N) is 4. The summed E-state index contributed by atoms with van der Waals surface area (Å²) < 4.78 is 0. The molecule has 9 heteroatoms. The van der Waals surface area contributed by atoms with Gasteiger partial charge in [0.15, 0.2) is 5.82 Å². The Labute approximate surface area is 154 Å². The zero-order chi connectivity index (χ0) is 19.4. The van der Waals surface area contributed by atoms with E-state index < -0.39 is 0 Å². The van der Waals surface area contributed by atoms with Crippen LogP contribution in [0.3, 0.4) is 0 Å². The molecule has 3 amide bonds. The number of hydrogen-bond acceptors (Lipinski definition) is 6. The van der Waals surface area contributed by atoms with Crippen LogP contribution in [0.15, 0.2) is 12.3 Å². The number of nitrogens with one attached hydrogen (secondary N) is 3.